The Bertz CT molecular complexity index is 1090. The van der Waals surface area contributed by atoms with Crippen molar-refractivity contribution in [2.45, 2.75) is 302 Å². The van der Waals surface area contributed by atoms with E-state index >= 15 is 0 Å². The maximum atomic E-state index is 13.4. The van der Waals surface area contributed by atoms with Gasteiger partial charge in [-0.05, 0) is 96.3 Å². The number of ketones is 2. The van der Waals surface area contributed by atoms with Gasteiger partial charge in [-0.1, -0.05) is 192 Å². The number of aliphatic hydroxyl groups is 3. The average molecular weight is 914 g/mol. The van der Waals surface area contributed by atoms with Crippen LogP contribution in [0.3, 0.4) is 0 Å². The molecule has 380 valence electrons. The van der Waals surface area contributed by atoms with Crippen LogP contribution in [0, 0.1) is 0 Å². The Morgan fingerprint density at radius 3 is 0.985 bits per heavy atom. The minimum absolute atomic E-state index is 0.0767. The van der Waals surface area contributed by atoms with Crippen LogP contribution in [0.1, 0.15) is 284 Å². The zero-order valence-corrected chi connectivity index (χ0v) is 43.1. The van der Waals surface area contributed by atoms with Gasteiger partial charge in [-0.15, -0.1) is 0 Å². The topological polar surface area (TPSA) is 115 Å². The van der Waals surface area contributed by atoms with Gasteiger partial charge >= 0.3 is 0 Å². The van der Waals surface area contributed by atoms with Crippen molar-refractivity contribution in [2.75, 3.05) is 13.1 Å². The quantitative estimate of drug-likeness (QED) is 0.0414. The Morgan fingerprint density at radius 1 is 0.354 bits per heavy atom. The Balaban J connectivity index is 4.52. The predicted molar refractivity (Wildman–Crippen MR) is 278 cm³/mol. The van der Waals surface area contributed by atoms with E-state index in [1.54, 1.807) is 4.90 Å². The molecule has 0 saturated heterocycles. The number of hydrogen-bond donors (Lipinski definition) is 3. The summed E-state index contributed by atoms with van der Waals surface area (Å²) in [6.07, 6.45) is 53.1. The summed E-state index contributed by atoms with van der Waals surface area (Å²) in [7, 11) is 0. The number of carbonyl (C=O) groups excluding carboxylic acids is 3. The van der Waals surface area contributed by atoms with E-state index in [0.29, 0.717) is 45.2 Å². The molecule has 0 bridgehead atoms. The monoisotopic (exact) mass is 914 g/mol. The third-order valence-electron chi connectivity index (χ3n) is 13.0. The second kappa shape index (κ2) is 49.8. The standard InChI is InChI=1S/C58H107NO6/c1-4-7-10-31-40-53(60)43-34-25-19-13-15-22-28-37-46-56(63)49-51-59(58(65)48-39-30-24-18-17-21-27-36-45-55(62)42-33-12-9-6-3)52-50-57(64)47-38-29-23-16-14-20-26-35-44-54(61)41-32-11-8-5-2/h25-27,34-36,53-55,60-62H,4-24,28-33,37-52H2,1-3H3/b34-25+,35-26+,36-27+. The summed E-state index contributed by atoms with van der Waals surface area (Å²) in [5, 5.41) is 30.4. The first-order valence-corrected chi connectivity index (χ1v) is 28.0. The summed E-state index contributed by atoms with van der Waals surface area (Å²) in [5.41, 5.74) is 0. The Labute approximate surface area is 402 Å². The van der Waals surface area contributed by atoms with Gasteiger partial charge in [0, 0.05) is 45.2 Å². The molecule has 0 radical (unpaired) electrons. The largest absolute Gasteiger partial charge is 0.393 e. The minimum Gasteiger partial charge on any atom is -0.393 e. The van der Waals surface area contributed by atoms with Crippen LogP contribution in [0.25, 0.3) is 0 Å². The first-order chi connectivity index (χ1) is 31.7. The molecule has 7 heteroatoms. The molecule has 3 unspecified atom stereocenters. The number of amides is 1. The van der Waals surface area contributed by atoms with Crippen molar-refractivity contribution in [3.8, 4) is 0 Å². The lowest BCUT2D eigenvalue weighted by molar-refractivity contribution is -0.132. The van der Waals surface area contributed by atoms with Crippen molar-refractivity contribution in [2.24, 2.45) is 0 Å². The molecule has 0 heterocycles. The van der Waals surface area contributed by atoms with E-state index in [-0.39, 0.29) is 35.8 Å². The lowest BCUT2D eigenvalue weighted by Crippen LogP contribution is -2.34. The predicted octanol–water partition coefficient (Wildman–Crippen LogP) is 15.8. The van der Waals surface area contributed by atoms with E-state index in [0.717, 1.165) is 173 Å². The van der Waals surface area contributed by atoms with E-state index in [1.165, 1.54) is 57.8 Å². The molecule has 0 spiro atoms. The molecule has 3 N–H and O–H groups in total. The van der Waals surface area contributed by atoms with Crippen LogP contribution in [-0.4, -0.2) is 69.1 Å². The first-order valence-electron chi connectivity index (χ1n) is 28.0. The van der Waals surface area contributed by atoms with Gasteiger partial charge < -0.3 is 20.2 Å². The Hall–Kier alpha value is -2.09. The highest BCUT2D eigenvalue weighted by molar-refractivity contribution is 5.82. The fourth-order valence-electron chi connectivity index (χ4n) is 8.47. The second-order valence-electron chi connectivity index (χ2n) is 19.5. The van der Waals surface area contributed by atoms with Gasteiger partial charge in [0.05, 0.1) is 18.3 Å². The summed E-state index contributed by atoms with van der Waals surface area (Å²) in [6, 6.07) is 0. The molecule has 0 fully saturated rings. The highest BCUT2D eigenvalue weighted by Crippen LogP contribution is 2.16. The van der Waals surface area contributed by atoms with Crippen LogP contribution in [0.4, 0.5) is 0 Å². The van der Waals surface area contributed by atoms with E-state index in [2.05, 4.69) is 57.2 Å². The summed E-state index contributed by atoms with van der Waals surface area (Å²) in [6.45, 7) is 7.45. The fourth-order valence-corrected chi connectivity index (χ4v) is 8.47. The van der Waals surface area contributed by atoms with Gasteiger partial charge in [0.2, 0.25) is 5.91 Å². The Morgan fingerprint density at radius 2 is 0.646 bits per heavy atom. The molecule has 0 aliphatic rings. The zero-order chi connectivity index (χ0) is 47.7. The van der Waals surface area contributed by atoms with Crippen LogP contribution in [0.2, 0.25) is 0 Å². The molecule has 0 aromatic heterocycles. The number of hydrogen-bond acceptors (Lipinski definition) is 6. The fraction of sp³-hybridized carbons (Fsp3) is 0.845. The van der Waals surface area contributed by atoms with E-state index < -0.39 is 0 Å². The van der Waals surface area contributed by atoms with Crippen molar-refractivity contribution < 1.29 is 29.7 Å². The van der Waals surface area contributed by atoms with Crippen LogP contribution in [0.15, 0.2) is 36.5 Å². The number of aliphatic hydroxyl groups excluding tert-OH is 3. The third kappa shape index (κ3) is 46.8. The van der Waals surface area contributed by atoms with Crippen molar-refractivity contribution >= 4 is 17.5 Å². The number of nitrogens with zero attached hydrogens (tertiary/aromatic N) is 1. The second-order valence-corrected chi connectivity index (χ2v) is 19.5. The van der Waals surface area contributed by atoms with Crippen LogP contribution < -0.4 is 0 Å². The summed E-state index contributed by atoms with van der Waals surface area (Å²) in [4.78, 5) is 41.0. The highest BCUT2D eigenvalue weighted by Gasteiger charge is 2.17. The lowest BCUT2D eigenvalue weighted by Gasteiger charge is -2.22. The maximum absolute atomic E-state index is 13.4. The van der Waals surface area contributed by atoms with Gasteiger partial charge in [-0.25, -0.2) is 0 Å². The van der Waals surface area contributed by atoms with Gasteiger partial charge in [0.15, 0.2) is 0 Å². The molecule has 0 aromatic rings. The molecule has 0 aliphatic carbocycles. The van der Waals surface area contributed by atoms with E-state index in [4.69, 9.17) is 0 Å². The average Bonchev–Trinajstić information content (AvgIpc) is 3.29. The summed E-state index contributed by atoms with van der Waals surface area (Å²) < 4.78 is 0. The molecular formula is C58H107NO6. The molecule has 1 amide bonds. The maximum Gasteiger partial charge on any atom is 0.222 e. The molecular weight excluding hydrogens is 807 g/mol. The normalized spacial score (nSPS) is 13.4. The van der Waals surface area contributed by atoms with Crippen molar-refractivity contribution in [3.05, 3.63) is 36.5 Å². The molecule has 0 aromatic carbocycles. The molecule has 7 nitrogen and oxygen atoms in total. The number of rotatable bonds is 51. The summed E-state index contributed by atoms with van der Waals surface area (Å²) in [5.74, 6) is 0.506. The van der Waals surface area contributed by atoms with Crippen LogP contribution >= 0.6 is 0 Å². The first kappa shape index (κ1) is 62.9. The van der Waals surface area contributed by atoms with Gasteiger partial charge in [0.25, 0.3) is 0 Å². The zero-order valence-electron chi connectivity index (χ0n) is 43.1. The van der Waals surface area contributed by atoms with Crippen molar-refractivity contribution in [3.63, 3.8) is 0 Å². The minimum atomic E-state index is -0.219. The smallest absolute Gasteiger partial charge is 0.222 e. The summed E-state index contributed by atoms with van der Waals surface area (Å²) >= 11 is 0. The Kier molecular flexibility index (Phi) is 48.2. The number of carbonyl (C=O) groups is 3. The molecule has 0 aliphatic heterocycles. The third-order valence-corrected chi connectivity index (χ3v) is 13.0. The SMILES string of the molecule is CCCCCCC(O)C/C=C/CCCCCCCC(=O)CCN(CCC(=O)CCCCCCC/C=C/CC(O)CCCCCC)C(=O)CCCCCCC/C=C/CC(O)CCCCCC. The van der Waals surface area contributed by atoms with E-state index in [9.17, 15) is 29.7 Å². The van der Waals surface area contributed by atoms with Crippen molar-refractivity contribution in [1.29, 1.82) is 0 Å². The van der Waals surface area contributed by atoms with Crippen LogP contribution in [0.5, 0.6) is 0 Å². The van der Waals surface area contributed by atoms with Gasteiger partial charge in [-0.2, -0.15) is 0 Å². The highest BCUT2D eigenvalue weighted by atomic mass is 16.3. The molecule has 65 heavy (non-hydrogen) atoms. The van der Waals surface area contributed by atoms with Crippen molar-refractivity contribution in [1.82, 2.24) is 4.90 Å². The van der Waals surface area contributed by atoms with Gasteiger partial charge in [0.1, 0.15) is 11.6 Å². The number of unbranched alkanes of at least 4 members (excludes halogenated alkanes) is 24. The van der Waals surface area contributed by atoms with E-state index in [1.807, 2.05) is 0 Å². The molecule has 0 saturated carbocycles. The molecule has 0 rings (SSSR count). The number of Topliss-reactive ketones (excluding diaryl/α,β-unsaturated/α-hetero) is 2. The van der Waals surface area contributed by atoms with Gasteiger partial charge in [-0.3, -0.25) is 14.4 Å². The van der Waals surface area contributed by atoms with Crippen LogP contribution in [-0.2, 0) is 14.4 Å². The lowest BCUT2D eigenvalue weighted by atomic mass is 10.0. The molecule has 3 atom stereocenters. The number of allylic oxidation sites excluding steroid dienone is 3.